The third kappa shape index (κ3) is 5.07. The highest BCUT2D eigenvalue weighted by molar-refractivity contribution is 5.66. The zero-order chi connectivity index (χ0) is 28.1. The van der Waals surface area contributed by atoms with Crippen molar-refractivity contribution in [1.29, 1.82) is 0 Å². The lowest BCUT2D eigenvalue weighted by atomic mass is 9.80. The van der Waals surface area contributed by atoms with Crippen LogP contribution in [0, 0.1) is 40.7 Å². The first kappa shape index (κ1) is 26.6. The lowest BCUT2D eigenvalue weighted by molar-refractivity contribution is -0.188. The zero-order valence-electron chi connectivity index (χ0n) is 19.8. The summed E-state index contributed by atoms with van der Waals surface area (Å²) in [6, 6.07) is 9.25. The highest BCUT2D eigenvalue weighted by Crippen LogP contribution is 2.40. The van der Waals surface area contributed by atoms with Gasteiger partial charge in [0.15, 0.2) is 34.8 Å². The van der Waals surface area contributed by atoms with Crippen molar-refractivity contribution in [3.8, 4) is 28.0 Å². The van der Waals surface area contributed by atoms with E-state index in [1.165, 1.54) is 0 Å². The highest BCUT2D eigenvalue weighted by atomic mass is 19.3. The predicted octanol–water partition coefficient (Wildman–Crippen LogP) is 9.39. The summed E-state index contributed by atoms with van der Waals surface area (Å²) < 4.78 is 133. The summed E-state index contributed by atoms with van der Waals surface area (Å²) in [5.41, 5.74) is -1.82. The Bertz CT molecular complexity index is 1490. The van der Waals surface area contributed by atoms with E-state index in [0.717, 1.165) is 37.0 Å². The maximum atomic E-state index is 14.8. The van der Waals surface area contributed by atoms with Gasteiger partial charge >= 0.3 is 6.11 Å². The number of benzene rings is 4. The molecule has 0 radical (unpaired) electrons. The first-order chi connectivity index (χ1) is 18.4. The van der Waals surface area contributed by atoms with Crippen LogP contribution in [0.5, 0.6) is 5.75 Å². The molecule has 0 aromatic heterocycles. The Balaban J connectivity index is 1.42. The van der Waals surface area contributed by atoms with Gasteiger partial charge < -0.3 is 4.74 Å². The van der Waals surface area contributed by atoms with Crippen molar-refractivity contribution in [2.24, 2.45) is 0 Å². The number of halogens is 9. The molecule has 1 aliphatic rings. The Morgan fingerprint density at radius 2 is 1.10 bits per heavy atom. The molecule has 10 heteroatoms. The summed E-state index contributed by atoms with van der Waals surface area (Å²) in [7, 11) is 0. The third-order valence-corrected chi connectivity index (χ3v) is 6.70. The van der Waals surface area contributed by atoms with Crippen LogP contribution in [0.3, 0.4) is 0 Å². The van der Waals surface area contributed by atoms with Gasteiger partial charge in [-0.2, -0.15) is 8.78 Å². The van der Waals surface area contributed by atoms with Crippen molar-refractivity contribution in [3.05, 3.63) is 113 Å². The predicted molar refractivity (Wildman–Crippen MR) is 125 cm³/mol. The first-order valence-corrected chi connectivity index (χ1v) is 11.7. The Morgan fingerprint density at radius 1 is 0.590 bits per heavy atom. The van der Waals surface area contributed by atoms with E-state index in [0.29, 0.717) is 11.5 Å². The highest BCUT2D eigenvalue weighted by Gasteiger charge is 2.38. The van der Waals surface area contributed by atoms with Gasteiger partial charge in [-0.1, -0.05) is 30.7 Å². The van der Waals surface area contributed by atoms with E-state index in [9.17, 15) is 39.5 Å². The zero-order valence-corrected chi connectivity index (χ0v) is 19.8. The standard InChI is InChI=1S/C29H17F9O/c30-20-12-19(13-21(31)26(20)18-10-22(32)27(36)23(33)11-18)29(37,38)39-28-24(34)8-17(9-25(28)35)16-6-4-15(5-7-16)14-2-1-3-14/h4-14H,1-3H2. The van der Waals surface area contributed by atoms with Crippen LogP contribution in [0.2, 0.25) is 0 Å². The average molecular weight is 552 g/mol. The van der Waals surface area contributed by atoms with E-state index in [-0.39, 0.29) is 29.8 Å². The van der Waals surface area contributed by atoms with Gasteiger partial charge in [-0.25, -0.2) is 30.7 Å². The second kappa shape index (κ2) is 9.98. The van der Waals surface area contributed by atoms with E-state index in [4.69, 9.17) is 0 Å². The molecule has 5 rings (SSSR count). The van der Waals surface area contributed by atoms with Crippen LogP contribution in [0.1, 0.15) is 36.3 Å². The van der Waals surface area contributed by atoms with Gasteiger partial charge in [-0.05, 0) is 77.4 Å². The van der Waals surface area contributed by atoms with Crippen molar-refractivity contribution in [2.75, 3.05) is 0 Å². The Labute approximate surface area is 216 Å². The molecule has 0 atom stereocenters. The van der Waals surface area contributed by atoms with Crippen molar-refractivity contribution >= 4 is 0 Å². The SMILES string of the molecule is Fc1cc(-c2c(F)cc(C(F)(F)Oc3c(F)cc(-c4ccc(C5CCC5)cc4)cc3F)cc2F)cc(F)c1F. The van der Waals surface area contributed by atoms with Crippen LogP contribution in [0.25, 0.3) is 22.3 Å². The van der Waals surface area contributed by atoms with Gasteiger partial charge in [0.2, 0.25) is 0 Å². The lowest BCUT2D eigenvalue weighted by Crippen LogP contribution is -2.24. The lowest BCUT2D eigenvalue weighted by Gasteiger charge is -2.25. The van der Waals surface area contributed by atoms with Crippen molar-refractivity contribution in [2.45, 2.75) is 31.3 Å². The number of hydrogen-bond donors (Lipinski definition) is 0. The Hall–Kier alpha value is -3.95. The quantitative estimate of drug-likeness (QED) is 0.171. The van der Waals surface area contributed by atoms with E-state index in [1.807, 2.05) is 12.1 Å². The van der Waals surface area contributed by atoms with E-state index in [1.54, 1.807) is 12.1 Å². The van der Waals surface area contributed by atoms with Crippen LogP contribution in [0.4, 0.5) is 39.5 Å². The van der Waals surface area contributed by atoms with Crippen LogP contribution in [-0.2, 0) is 6.11 Å². The molecule has 1 saturated carbocycles. The first-order valence-electron chi connectivity index (χ1n) is 11.7. The smallest absolute Gasteiger partial charge is 0.423 e. The van der Waals surface area contributed by atoms with Crippen molar-refractivity contribution < 1.29 is 44.3 Å². The van der Waals surface area contributed by atoms with E-state index < -0.39 is 69.3 Å². The van der Waals surface area contributed by atoms with Gasteiger partial charge in [-0.3, -0.25) is 0 Å². The molecule has 0 saturated heterocycles. The maximum absolute atomic E-state index is 14.8. The molecule has 4 aromatic carbocycles. The molecule has 1 aliphatic carbocycles. The fraction of sp³-hybridized carbons (Fsp3) is 0.172. The van der Waals surface area contributed by atoms with Crippen molar-refractivity contribution in [3.63, 3.8) is 0 Å². The molecule has 1 fully saturated rings. The molecular weight excluding hydrogens is 535 g/mol. The second-order valence-corrected chi connectivity index (χ2v) is 9.21. The summed E-state index contributed by atoms with van der Waals surface area (Å²) in [4.78, 5) is 0. The van der Waals surface area contributed by atoms with E-state index in [2.05, 4.69) is 4.74 Å². The minimum atomic E-state index is -4.63. The monoisotopic (exact) mass is 552 g/mol. The molecule has 0 unspecified atom stereocenters. The number of ether oxygens (including phenoxy) is 1. The molecule has 0 amide bonds. The maximum Gasteiger partial charge on any atom is 0.427 e. The molecule has 0 spiro atoms. The number of hydrogen-bond acceptors (Lipinski definition) is 1. The molecule has 4 aromatic rings. The van der Waals surface area contributed by atoms with Gasteiger partial charge in [0.25, 0.3) is 0 Å². The summed E-state index contributed by atoms with van der Waals surface area (Å²) in [5.74, 6) is -12.8. The minimum absolute atomic E-state index is 0.0565. The normalized spacial score (nSPS) is 13.9. The molecule has 0 aliphatic heterocycles. The molecule has 39 heavy (non-hydrogen) atoms. The molecule has 202 valence electrons. The summed E-state index contributed by atoms with van der Waals surface area (Å²) in [5, 5.41) is 0. The fourth-order valence-electron chi connectivity index (χ4n) is 4.42. The van der Waals surface area contributed by atoms with Crippen LogP contribution in [0.15, 0.2) is 60.7 Å². The minimum Gasteiger partial charge on any atom is -0.423 e. The summed E-state index contributed by atoms with van der Waals surface area (Å²) in [6.07, 6.45) is -1.38. The molecule has 1 nitrogen and oxygen atoms in total. The Kier molecular flexibility index (Phi) is 6.82. The fourth-order valence-corrected chi connectivity index (χ4v) is 4.42. The topological polar surface area (TPSA) is 9.23 Å². The Morgan fingerprint density at radius 3 is 1.59 bits per heavy atom. The summed E-state index contributed by atoms with van der Waals surface area (Å²) in [6.45, 7) is 0. The average Bonchev–Trinajstić information content (AvgIpc) is 2.83. The molecule has 0 heterocycles. The second-order valence-electron chi connectivity index (χ2n) is 9.21. The van der Waals surface area contributed by atoms with Crippen LogP contribution < -0.4 is 4.74 Å². The summed E-state index contributed by atoms with van der Waals surface area (Å²) >= 11 is 0. The van der Waals surface area contributed by atoms with Gasteiger partial charge in [0.05, 0.1) is 11.1 Å². The van der Waals surface area contributed by atoms with Gasteiger partial charge in [0.1, 0.15) is 11.6 Å². The van der Waals surface area contributed by atoms with E-state index >= 15 is 0 Å². The number of rotatable bonds is 6. The van der Waals surface area contributed by atoms with Crippen LogP contribution >= 0.6 is 0 Å². The van der Waals surface area contributed by atoms with Gasteiger partial charge in [-0.15, -0.1) is 0 Å². The van der Waals surface area contributed by atoms with Crippen LogP contribution in [-0.4, -0.2) is 0 Å². The number of alkyl halides is 2. The van der Waals surface area contributed by atoms with Crippen molar-refractivity contribution in [1.82, 2.24) is 0 Å². The molecule has 0 N–H and O–H groups in total. The van der Waals surface area contributed by atoms with Gasteiger partial charge in [0, 0.05) is 0 Å². The largest absolute Gasteiger partial charge is 0.427 e. The molecule has 0 bridgehead atoms. The third-order valence-electron chi connectivity index (χ3n) is 6.70. The molecular formula is C29H17F9O.